The number of esters is 1. The highest BCUT2D eigenvalue weighted by Crippen LogP contribution is 2.14. The molecular weight excluding hydrogens is 312 g/mol. The Morgan fingerprint density at radius 2 is 1.95 bits per heavy atom. The van der Waals surface area contributed by atoms with Gasteiger partial charge in [0.25, 0.3) is 0 Å². The zero-order valence-corrected chi connectivity index (χ0v) is 14.0. The molecule has 0 saturated carbocycles. The summed E-state index contributed by atoms with van der Waals surface area (Å²) >= 11 is 0. The molecular formula is C13H20N2O6S. The first-order valence-electron chi connectivity index (χ1n) is 6.53. The molecule has 0 aromatic carbocycles. The Balaban J connectivity index is 2.88. The largest absolute Gasteiger partial charge is 0.464 e. The summed E-state index contributed by atoms with van der Waals surface area (Å²) in [5, 5.41) is 4.68. The van der Waals surface area contributed by atoms with Gasteiger partial charge in [-0.1, -0.05) is 0 Å². The third kappa shape index (κ3) is 4.83. The van der Waals surface area contributed by atoms with Crippen LogP contribution in [0.15, 0.2) is 10.6 Å². The van der Waals surface area contributed by atoms with E-state index >= 15 is 0 Å². The van der Waals surface area contributed by atoms with Gasteiger partial charge in [0.15, 0.2) is 0 Å². The topological polar surface area (TPSA) is 111 Å². The third-order valence-corrected chi connectivity index (χ3v) is 4.18. The Labute approximate surface area is 131 Å². The van der Waals surface area contributed by atoms with Crippen LogP contribution >= 0.6 is 0 Å². The second kappa shape index (κ2) is 6.91. The normalized spacial score (nSPS) is 22.5. The lowest BCUT2D eigenvalue weighted by atomic mass is 10.2. The predicted octanol–water partition coefficient (Wildman–Crippen LogP) is 0.163. The van der Waals surface area contributed by atoms with Gasteiger partial charge in [-0.15, -0.1) is 0 Å². The first-order valence-corrected chi connectivity index (χ1v) is 7.85. The lowest BCUT2D eigenvalue weighted by Crippen LogP contribution is -2.49. The fourth-order valence-corrected chi connectivity index (χ4v) is 2.77. The Hall–Kier alpha value is -1.90. The molecule has 1 aliphatic heterocycles. The summed E-state index contributed by atoms with van der Waals surface area (Å²) in [5.74, 6) is -1.61. The van der Waals surface area contributed by atoms with Crippen molar-refractivity contribution in [3.05, 3.63) is 10.6 Å². The molecule has 0 unspecified atom stereocenters. The van der Waals surface area contributed by atoms with Crippen molar-refractivity contribution in [1.29, 1.82) is 0 Å². The van der Waals surface area contributed by atoms with Crippen LogP contribution in [0.5, 0.6) is 0 Å². The zero-order chi connectivity index (χ0) is 17.1. The predicted molar refractivity (Wildman–Crippen MR) is 79.0 cm³/mol. The number of carbonyl (C=O) groups excluding carboxylic acids is 3. The van der Waals surface area contributed by atoms with Crippen molar-refractivity contribution in [2.45, 2.75) is 39.3 Å². The number of hydrogen-bond donors (Lipinski definition) is 2. The maximum atomic E-state index is 12.1. The smallest absolute Gasteiger partial charge is 0.408 e. The van der Waals surface area contributed by atoms with Crippen LogP contribution in [0.1, 0.15) is 27.7 Å². The lowest BCUT2D eigenvalue weighted by molar-refractivity contribution is -0.137. The number of ether oxygens (including phenoxy) is 2. The van der Waals surface area contributed by atoms with Gasteiger partial charge < -0.3 is 20.1 Å². The van der Waals surface area contributed by atoms with E-state index in [0.29, 0.717) is 0 Å². The fourth-order valence-electron chi connectivity index (χ4n) is 1.62. The van der Waals surface area contributed by atoms with Gasteiger partial charge in [-0.05, 0) is 27.7 Å². The second-order valence-electron chi connectivity index (χ2n) is 5.62. The van der Waals surface area contributed by atoms with Gasteiger partial charge in [0.1, 0.15) is 17.3 Å². The second-order valence-corrected chi connectivity index (χ2v) is 7.26. The van der Waals surface area contributed by atoms with Crippen LogP contribution < -0.4 is 10.6 Å². The number of carbonyl (C=O) groups is 3. The molecule has 1 heterocycles. The third-order valence-electron chi connectivity index (χ3n) is 2.66. The SMILES string of the molecule is COC(=O)C1=C(C)[S@@](=O)C[C@H](NC(=O)OC(C)(C)C)C(=O)N1. The summed E-state index contributed by atoms with van der Waals surface area (Å²) < 4.78 is 21.7. The Bertz CT molecular complexity index is 549. The molecule has 0 radical (unpaired) electrons. The average molecular weight is 332 g/mol. The van der Waals surface area contributed by atoms with Gasteiger partial charge in [-0.2, -0.15) is 0 Å². The number of hydrogen-bond acceptors (Lipinski definition) is 6. The van der Waals surface area contributed by atoms with Crippen LogP contribution in [0, 0.1) is 0 Å². The van der Waals surface area contributed by atoms with Crippen molar-refractivity contribution in [2.75, 3.05) is 12.9 Å². The van der Waals surface area contributed by atoms with Gasteiger partial charge in [0.05, 0.1) is 23.7 Å². The van der Waals surface area contributed by atoms with Crippen molar-refractivity contribution in [2.24, 2.45) is 0 Å². The maximum absolute atomic E-state index is 12.1. The summed E-state index contributed by atoms with van der Waals surface area (Å²) in [4.78, 5) is 35.6. The van der Waals surface area contributed by atoms with Crippen molar-refractivity contribution in [3.63, 3.8) is 0 Å². The number of methoxy groups -OCH3 is 1. The minimum atomic E-state index is -1.62. The van der Waals surface area contributed by atoms with E-state index in [4.69, 9.17) is 4.74 Å². The van der Waals surface area contributed by atoms with Crippen LogP contribution in [0.2, 0.25) is 0 Å². The number of allylic oxidation sites excluding steroid dienone is 1. The minimum Gasteiger partial charge on any atom is -0.464 e. The van der Waals surface area contributed by atoms with Gasteiger partial charge in [-0.3, -0.25) is 9.00 Å². The lowest BCUT2D eigenvalue weighted by Gasteiger charge is -2.22. The molecule has 124 valence electrons. The van der Waals surface area contributed by atoms with E-state index in [9.17, 15) is 18.6 Å². The summed E-state index contributed by atoms with van der Waals surface area (Å²) in [7, 11) is -0.468. The van der Waals surface area contributed by atoms with Crippen LogP contribution in [-0.4, -0.2) is 46.7 Å². The van der Waals surface area contributed by atoms with Crippen LogP contribution in [-0.2, 0) is 29.9 Å². The molecule has 0 bridgehead atoms. The van der Waals surface area contributed by atoms with Crippen molar-refractivity contribution in [3.8, 4) is 0 Å². The standard InChI is InChI=1S/C13H20N2O6S/c1-7-9(11(17)20-5)15-10(16)8(6-22(7)19)14-12(18)21-13(2,3)4/h8H,6H2,1-5H3,(H,14,18)(H,15,16)/t8-,22-/m0/s1. The van der Waals surface area contributed by atoms with E-state index in [1.165, 1.54) is 6.92 Å². The molecule has 2 atom stereocenters. The highest BCUT2D eigenvalue weighted by Gasteiger charge is 2.33. The van der Waals surface area contributed by atoms with E-state index in [1.54, 1.807) is 20.8 Å². The Kier molecular flexibility index (Phi) is 5.70. The minimum absolute atomic E-state index is 0.155. The monoisotopic (exact) mass is 332 g/mol. The van der Waals surface area contributed by atoms with E-state index in [0.717, 1.165) is 7.11 Å². The molecule has 0 aliphatic carbocycles. The maximum Gasteiger partial charge on any atom is 0.408 e. The number of alkyl carbamates (subject to hydrolysis) is 1. The summed E-state index contributed by atoms with van der Waals surface area (Å²) in [6, 6.07) is -1.08. The van der Waals surface area contributed by atoms with Crippen molar-refractivity contribution >= 4 is 28.8 Å². The molecule has 0 aromatic heterocycles. The molecule has 8 nitrogen and oxygen atoms in total. The zero-order valence-electron chi connectivity index (χ0n) is 13.1. The first kappa shape index (κ1) is 18.1. The van der Waals surface area contributed by atoms with Gasteiger partial charge in [0, 0.05) is 4.91 Å². The van der Waals surface area contributed by atoms with E-state index in [-0.39, 0.29) is 16.4 Å². The van der Waals surface area contributed by atoms with Crippen LogP contribution in [0.4, 0.5) is 4.79 Å². The van der Waals surface area contributed by atoms with Gasteiger partial charge in [-0.25, -0.2) is 9.59 Å². The van der Waals surface area contributed by atoms with E-state index < -0.39 is 40.4 Å². The molecule has 0 spiro atoms. The Morgan fingerprint density at radius 3 is 2.45 bits per heavy atom. The van der Waals surface area contributed by atoms with Crippen molar-refractivity contribution < 1.29 is 28.1 Å². The number of nitrogens with one attached hydrogen (secondary N) is 2. The van der Waals surface area contributed by atoms with Crippen LogP contribution in [0.3, 0.4) is 0 Å². The quantitative estimate of drug-likeness (QED) is 0.697. The Morgan fingerprint density at radius 1 is 1.36 bits per heavy atom. The van der Waals surface area contributed by atoms with Crippen LogP contribution in [0.25, 0.3) is 0 Å². The van der Waals surface area contributed by atoms with E-state index in [2.05, 4.69) is 15.4 Å². The molecule has 0 fully saturated rings. The molecule has 2 amide bonds. The number of rotatable bonds is 2. The molecule has 1 aliphatic rings. The summed E-state index contributed by atoms with van der Waals surface area (Å²) in [5.41, 5.74) is -0.894. The molecule has 1 rings (SSSR count). The molecule has 0 saturated heterocycles. The average Bonchev–Trinajstić information content (AvgIpc) is 2.48. The highest BCUT2D eigenvalue weighted by molar-refractivity contribution is 7.89. The van der Waals surface area contributed by atoms with Gasteiger partial charge in [0.2, 0.25) is 5.91 Å². The molecule has 2 N–H and O–H groups in total. The van der Waals surface area contributed by atoms with Gasteiger partial charge >= 0.3 is 12.1 Å². The van der Waals surface area contributed by atoms with Crippen molar-refractivity contribution in [1.82, 2.24) is 10.6 Å². The highest BCUT2D eigenvalue weighted by atomic mass is 32.2. The molecule has 9 heteroatoms. The molecule has 22 heavy (non-hydrogen) atoms. The van der Waals surface area contributed by atoms with E-state index in [1.807, 2.05) is 0 Å². The summed E-state index contributed by atoms with van der Waals surface area (Å²) in [6.45, 7) is 6.50. The summed E-state index contributed by atoms with van der Waals surface area (Å²) in [6.07, 6.45) is -0.802. The number of amides is 2. The fraction of sp³-hybridized carbons (Fsp3) is 0.615. The first-order chi connectivity index (χ1) is 10.0. The molecule has 0 aromatic rings.